The van der Waals surface area contributed by atoms with Crippen LogP contribution in [0.15, 0.2) is 21.2 Å². The summed E-state index contributed by atoms with van der Waals surface area (Å²) in [6, 6.07) is 0.169. The topological polar surface area (TPSA) is 88.5 Å². The molecule has 0 aromatic carbocycles. The third-order valence-electron chi connectivity index (χ3n) is 2.71. The molecule has 0 saturated heterocycles. The van der Waals surface area contributed by atoms with E-state index in [1.54, 1.807) is 11.6 Å². The van der Waals surface area contributed by atoms with Crippen molar-refractivity contribution in [1.82, 2.24) is 24.7 Å². The van der Waals surface area contributed by atoms with E-state index < -0.39 is 5.82 Å². The highest BCUT2D eigenvalue weighted by atomic mass is 32.2. The lowest BCUT2D eigenvalue weighted by Crippen LogP contribution is -2.16. The van der Waals surface area contributed by atoms with E-state index in [1.165, 1.54) is 0 Å². The summed E-state index contributed by atoms with van der Waals surface area (Å²) < 4.78 is 15.2. The number of hydrogen-bond acceptors (Lipinski definition) is 6. The number of nitrogens with one attached hydrogen (secondary N) is 2. The Bertz CT molecular complexity index is 664. The molecule has 0 atom stereocenters. The van der Waals surface area contributed by atoms with Gasteiger partial charge in [-0.25, -0.2) is 24.3 Å². The molecule has 3 rings (SSSR count). The molecule has 7 nitrogen and oxygen atoms in total. The van der Waals surface area contributed by atoms with Crippen LogP contribution in [-0.2, 0) is 0 Å². The summed E-state index contributed by atoms with van der Waals surface area (Å²) in [6.07, 6.45) is 2.98. The van der Waals surface area contributed by atoms with Gasteiger partial charge in [-0.3, -0.25) is 4.57 Å². The van der Waals surface area contributed by atoms with Gasteiger partial charge in [0.1, 0.15) is 5.03 Å². The Morgan fingerprint density at radius 1 is 1.58 bits per heavy atom. The van der Waals surface area contributed by atoms with Crippen molar-refractivity contribution in [1.29, 1.82) is 0 Å². The zero-order chi connectivity index (χ0) is 13.4. The SMILES string of the molecule is CNc1ncc(F)c(Sc2n[nH]c(=O)n2C2CC2)n1. The van der Waals surface area contributed by atoms with E-state index in [0.717, 1.165) is 30.8 Å². The molecule has 0 unspecified atom stereocenters. The average molecular weight is 282 g/mol. The van der Waals surface area contributed by atoms with Crippen molar-refractivity contribution in [3.05, 3.63) is 22.5 Å². The lowest BCUT2D eigenvalue weighted by atomic mass is 10.6. The first-order valence-electron chi connectivity index (χ1n) is 5.74. The molecule has 2 heterocycles. The number of H-pyrrole nitrogens is 1. The molecule has 1 aliphatic rings. The van der Waals surface area contributed by atoms with E-state index in [9.17, 15) is 9.18 Å². The lowest BCUT2D eigenvalue weighted by molar-refractivity contribution is 0.578. The summed E-state index contributed by atoms with van der Waals surface area (Å²) in [7, 11) is 1.65. The van der Waals surface area contributed by atoms with Gasteiger partial charge in [-0.05, 0) is 24.6 Å². The minimum atomic E-state index is -0.540. The minimum absolute atomic E-state index is 0.139. The molecule has 1 fully saturated rings. The van der Waals surface area contributed by atoms with Crippen LogP contribution in [0, 0.1) is 5.82 Å². The second-order valence-electron chi connectivity index (χ2n) is 4.11. The Kier molecular flexibility index (Phi) is 2.97. The van der Waals surface area contributed by atoms with Gasteiger partial charge in [-0.15, -0.1) is 5.10 Å². The summed E-state index contributed by atoms with van der Waals surface area (Å²) in [5, 5.41) is 9.59. The predicted molar refractivity (Wildman–Crippen MR) is 66.8 cm³/mol. The number of halogens is 1. The van der Waals surface area contributed by atoms with Crippen molar-refractivity contribution in [2.24, 2.45) is 0 Å². The van der Waals surface area contributed by atoms with E-state index >= 15 is 0 Å². The van der Waals surface area contributed by atoms with Crippen LogP contribution < -0.4 is 11.0 Å². The van der Waals surface area contributed by atoms with Gasteiger partial charge in [-0.2, -0.15) is 0 Å². The summed E-state index contributed by atoms with van der Waals surface area (Å²) in [5.74, 6) is -0.221. The van der Waals surface area contributed by atoms with Crippen molar-refractivity contribution >= 4 is 17.7 Å². The van der Waals surface area contributed by atoms with Crippen molar-refractivity contribution in [2.45, 2.75) is 29.1 Å². The van der Waals surface area contributed by atoms with Crippen LogP contribution >= 0.6 is 11.8 Å². The first-order valence-corrected chi connectivity index (χ1v) is 6.55. The van der Waals surface area contributed by atoms with Gasteiger partial charge in [0.2, 0.25) is 5.95 Å². The van der Waals surface area contributed by atoms with Gasteiger partial charge in [0.15, 0.2) is 11.0 Å². The highest BCUT2D eigenvalue weighted by Crippen LogP contribution is 2.37. The fourth-order valence-corrected chi connectivity index (χ4v) is 2.52. The maximum absolute atomic E-state index is 13.6. The van der Waals surface area contributed by atoms with Crippen LogP contribution in [0.5, 0.6) is 0 Å². The molecular weight excluding hydrogens is 271 g/mol. The number of hydrogen-bond donors (Lipinski definition) is 2. The van der Waals surface area contributed by atoms with Gasteiger partial charge in [0.05, 0.1) is 6.20 Å². The Labute approximate surface area is 111 Å². The van der Waals surface area contributed by atoms with Crippen LogP contribution in [0.3, 0.4) is 0 Å². The van der Waals surface area contributed by atoms with E-state index in [4.69, 9.17) is 0 Å². The fourth-order valence-electron chi connectivity index (χ4n) is 1.65. The molecule has 0 bridgehead atoms. The van der Waals surface area contributed by atoms with E-state index in [1.807, 2.05) is 0 Å². The Hall–Kier alpha value is -1.90. The van der Waals surface area contributed by atoms with Crippen LogP contribution in [0.2, 0.25) is 0 Å². The van der Waals surface area contributed by atoms with E-state index in [0.29, 0.717) is 11.1 Å². The molecule has 9 heteroatoms. The second-order valence-corrected chi connectivity index (χ2v) is 5.07. The first kappa shape index (κ1) is 12.2. The van der Waals surface area contributed by atoms with Crippen LogP contribution in [0.1, 0.15) is 18.9 Å². The Morgan fingerprint density at radius 2 is 2.37 bits per heavy atom. The fraction of sp³-hybridized carbons (Fsp3) is 0.400. The number of aromatic amines is 1. The molecule has 0 radical (unpaired) electrons. The molecule has 1 saturated carbocycles. The summed E-state index contributed by atoms with van der Waals surface area (Å²) >= 11 is 1.01. The first-order chi connectivity index (χ1) is 9.19. The zero-order valence-electron chi connectivity index (χ0n) is 10.1. The standard InChI is InChI=1S/C10H11FN6OS/c1-12-8-13-4-6(11)7(14-8)19-10-16-15-9(18)17(10)5-2-3-5/h4-5H,2-3H2,1H3,(H,15,18)(H,12,13,14). The quantitative estimate of drug-likeness (QED) is 0.814. The van der Waals surface area contributed by atoms with Crippen molar-refractivity contribution in [2.75, 3.05) is 12.4 Å². The van der Waals surface area contributed by atoms with Crippen LogP contribution in [-0.4, -0.2) is 31.8 Å². The monoisotopic (exact) mass is 282 g/mol. The maximum atomic E-state index is 13.6. The molecule has 2 aromatic rings. The largest absolute Gasteiger partial charge is 0.357 e. The van der Waals surface area contributed by atoms with Crippen LogP contribution in [0.4, 0.5) is 10.3 Å². The second kappa shape index (κ2) is 4.65. The summed E-state index contributed by atoms with van der Waals surface area (Å²) in [6.45, 7) is 0. The predicted octanol–water partition coefficient (Wildman–Crippen LogP) is 1.03. The summed E-state index contributed by atoms with van der Waals surface area (Å²) in [5.41, 5.74) is -0.270. The third kappa shape index (κ3) is 2.33. The van der Waals surface area contributed by atoms with E-state index in [-0.39, 0.29) is 16.8 Å². The highest BCUT2D eigenvalue weighted by molar-refractivity contribution is 7.99. The molecule has 0 aliphatic heterocycles. The van der Waals surface area contributed by atoms with Gasteiger partial charge in [-0.1, -0.05) is 0 Å². The molecule has 100 valence electrons. The highest BCUT2D eigenvalue weighted by Gasteiger charge is 2.29. The maximum Gasteiger partial charge on any atom is 0.344 e. The zero-order valence-corrected chi connectivity index (χ0v) is 10.9. The number of aromatic nitrogens is 5. The third-order valence-corrected chi connectivity index (χ3v) is 3.66. The Morgan fingerprint density at radius 3 is 3.05 bits per heavy atom. The Balaban J connectivity index is 1.95. The van der Waals surface area contributed by atoms with Gasteiger partial charge < -0.3 is 5.32 Å². The van der Waals surface area contributed by atoms with Crippen molar-refractivity contribution in [3.63, 3.8) is 0 Å². The minimum Gasteiger partial charge on any atom is -0.357 e. The molecule has 2 N–H and O–H groups in total. The van der Waals surface area contributed by atoms with Gasteiger partial charge in [0, 0.05) is 13.1 Å². The molecule has 2 aromatic heterocycles. The molecule has 0 amide bonds. The van der Waals surface area contributed by atoms with Crippen LogP contribution in [0.25, 0.3) is 0 Å². The van der Waals surface area contributed by atoms with Crippen molar-refractivity contribution in [3.8, 4) is 0 Å². The lowest BCUT2D eigenvalue weighted by Gasteiger charge is -2.05. The summed E-state index contributed by atoms with van der Waals surface area (Å²) in [4.78, 5) is 19.4. The van der Waals surface area contributed by atoms with Crippen molar-refractivity contribution < 1.29 is 4.39 Å². The van der Waals surface area contributed by atoms with Gasteiger partial charge in [0.25, 0.3) is 0 Å². The average Bonchev–Trinajstić information content (AvgIpc) is 3.17. The molecule has 0 spiro atoms. The smallest absolute Gasteiger partial charge is 0.344 e. The van der Waals surface area contributed by atoms with E-state index in [2.05, 4.69) is 25.5 Å². The number of rotatable bonds is 4. The normalized spacial score (nSPS) is 14.6. The number of nitrogens with zero attached hydrogens (tertiary/aromatic N) is 4. The molecular formula is C10H11FN6OS. The molecule has 1 aliphatic carbocycles. The number of anilines is 1. The molecule has 19 heavy (non-hydrogen) atoms. The van der Waals surface area contributed by atoms with Gasteiger partial charge >= 0.3 is 5.69 Å².